The Morgan fingerprint density at radius 1 is 1.29 bits per heavy atom. The van der Waals surface area contributed by atoms with Gasteiger partial charge in [0.25, 0.3) is 0 Å². The smallest absolute Gasteiger partial charge is 0.224 e. The van der Waals surface area contributed by atoms with E-state index in [-0.39, 0.29) is 11.7 Å². The standard InChI is InChI=1S/C14H23N3O3S/c1-3-21(19,20)17(2)10-4-9-16-14(18)11-12-5-7-13(15)8-6-12/h5-8H,3-4,9-11,15H2,1-2H3,(H,16,18). The van der Waals surface area contributed by atoms with Crippen LogP contribution in [-0.4, -0.2) is 44.5 Å². The van der Waals surface area contributed by atoms with Crippen LogP contribution in [0.1, 0.15) is 18.9 Å². The molecule has 6 nitrogen and oxygen atoms in total. The molecule has 0 saturated carbocycles. The van der Waals surface area contributed by atoms with Crippen molar-refractivity contribution < 1.29 is 13.2 Å². The zero-order valence-electron chi connectivity index (χ0n) is 12.5. The third kappa shape index (κ3) is 6.14. The highest BCUT2D eigenvalue weighted by Gasteiger charge is 2.14. The highest BCUT2D eigenvalue weighted by Crippen LogP contribution is 2.06. The largest absolute Gasteiger partial charge is 0.399 e. The summed E-state index contributed by atoms with van der Waals surface area (Å²) < 4.78 is 24.4. The molecule has 0 heterocycles. The maximum Gasteiger partial charge on any atom is 0.224 e. The van der Waals surface area contributed by atoms with Crippen LogP contribution in [-0.2, 0) is 21.2 Å². The molecule has 21 heavy (non-hydrogen) atoms. The van der Waals surface area contributed by atoms with Gasteiger partial charge in [-0.05, 0) is 31.0 Å². The topological polar surface area (TPSA) is 92.5 Å². The number of hydrogen-bond acceptors (Lipinski definition) is 4. The van der Waals surface area contributed by atoms with E-state index in [1.807, 2.05) is 12.1 Å². The molecule has 0 saturated heterocycles. The van der Waals surface area contributed by atoms with E-state index >= 15 is 0 Å². The highest BCUT2D eigenvalue weighted by molar-refractivity contribution is 7.89. The van der Waals surface area contributed by atoms with Gasteiger partial charge in [0.1, 0.15) is 0 Å². The molecule has 0 aliphatic heterocycles. The number of amides is 1. The summed E-state index contributed by atoms with van der Waals surface area (Å²) in [5.41, 5.74) is 7.14. The Bertz CT molecular complexity index is 555. The average molecular weight is 313 g/mol. The van der Waals surface area contributed by atoms with Crippen LogP contribution in [0.25, 0.3) is 0 Å². The molecule has 0 bridgehead atoms. The molecule has 0 aromatic heterocycles. The lowest BCUT2D eigenvalue weighted by atomic mass is 10.1. The Balaban J connectivity index is 2.27. The van der Waals surface area contributed by atoms with Crippen LogP contribution in [0.4, 0.5) is 5.69 Å². The average Bonchev–Trinajstić information content (AvgIpc) is 2.45. The van der Waals surface area contributed by atoms with Gasteiger partial charge in [0, 0.05) is 25.8 Å². The van der Waals surface area contributed by atoms with E-state index < -0.39 is 10.0 Å². The molecule has 1 aromatic rings. The summed E-state index contributed by atoms with van der Waals surface area (Å²) in [7, 11) is -1.59. The number of nitrogens with two attached hydrogens (primary N) is 1. The number of rotatable bonds is 8. The third-order valence-electron chi connectivity index (χ3n) is 3.16. The molecule has 1 rings (SSSR count). The van der Waals surface area contributed by atoms with Crippen molar-refractivity contribution in [2.45, 2.75) is 19.8 Å². The lowest BCUT2D eigenvalue weighted by Crippen LogP contribution is -2.32. The van der Waals surface area contributed by atoms with Crippen molar-refractivity contribution in [1.29, 1.82) is 0 Å². The molecule has 7 heteroatoms. The van der Waals surface area contributed by atoms with Crippen LogP contribution in [0.3, 0.4) is 0 Å². The molecule has 0 spiro atoms. The summed E-state index contributed by atoms with van der Waals surface area (Å²) in [5.74, 6) is 0.00766. The first-order valence-corrected chi connectivity index (χ1v) is 8.51. The molecule has 0 fully saturated rings. The van der Waals surface area contributed by atoms with E-state index in [1.54, 1.807) is 26.1 Å². The Hall–Kier alpha value is -1.60. The molecule has 0 unspecified atom stereocenters. The summed E-state index contributed by atoms with van der Waals surface area (Å²) in [6.07, 6.45) is 0.882. The minimum atomic E-state index is -3.14. The SMILES string of the molecule is CCS(=O)(=O)N(C)CCCNC(=O)Cc1ccc(N)cc1. The van der Waals surface area contributed by atoms with Gasteiger partial charge < -0.3 is 11.1 Å². The normalized spacial score (nSPS) is 11.6. The quantitative estimate of drug-likeness (QED) is 0.543. The predicted octanol–water partition coefficient (Wildman–Crippen LogP) is 0.599. The van der Waals surface area contributed by atoms with Gasteiger partial charge in [-0.25, -0.2) is 12.7 Å². The van der Waals surface area contributed by atoms with Crippen molar-refractivity contribution >= 4 is 21.6 Å². The Morgan fingerprint density at radius 3 is 2.48 bits per heavy atom. The Kier molecular flexibility index (Phi) is 6.64. The van der Waals surface area contributed by atoms with E-state index in [2.05, 4.69) is 5.32 Å². The van der Waals surface area contributed by atoms with Crippen LogP contribution in [0.5, 0.6) is 0 Å². The lowest BCUT2D eigenvalue weighted by Gasteiger charge is -2.15. The van der Waals surface area contributed by atoms with Gasteiger partial charge in [-0.1, -0.05) is 12.1 Å². The number of carbonyl (C=O) groups excluding carboxylic acids is 1. The van der Waals surface area contributed by atoms with Gasteiger partial charge >= 0.3 is 0 Å². The number of carbonyl (C=O) groups is 1. The molecule has 0 aliphatic rings. The first kappa shape index (κ1) is 17.5. The lowest BCUT2D eigenvalue weighted by molar-refractivity contribution is -0.120. The molecule has 118 valence electrons. The van der Waals surface area contributed by atoms with Crippen molar-refractivity contribution in [1.82, 2.24) is 9.62 Å². The predicted molar refractivity (Wildman–Crippen MR) is 84.3 cm³/mol. The second-order valence-electron chi connectivity index (χ2n) is 4.84. The number of nitrogen functional groups attached to an aromatic ring is 1. The van der Waals surface area contributed by atoms with E-state index in [4.69, 9.17) is 5.73 Å². The van der Waals surface area contributed by atoms with E-state index in [1.165, 1.54) is 4.31 Å². The van der Waals surface area contributed by atoms with Crippen molar-refractivity contribution in [2.75, 3.05) is 31.6 Å². The van der Waals surface area contributed by atoms with Gasteiger partial charge in [0.2, 0.25) is 15.9 Å². The minimum Gasteiger partial charge on any atom is -0.399 e. The summed E-state index contributed by atoms with van der Waals surface area (Å²) in [4.78, 5) is 11.7. The summed E-state index contributed by atoms with van der Waals surface area (Å²) in [6.45, 7) is 2.47. The summed E-state index contributed by atoms with van der Waals surface area (Å²) in [5, 5.41) is 2.78. The van der Waals surface area contributed by atoms with Crippen molar-refractivity contribution in [3.05, 3.63) is 29.8 Å². The number of nitrogens with zero attached hydrogens (tertiary/aromatic N) is 1. The number of anilines is 1. The molecule has 0 atom stereocenters. The van der Waals surface area contributed by atoms with Crippen LogP contribution >= 0.6 is 0 Å². The molecular weight excluding hydrogens is 290 g/mol. The monoisotopic (exact) mass is 313 g/mol. The second-order valence-corrected chi connectivity index (χ2v) is 7.21. The van der Waals surface area contributed by atoms with E-state index in [0.717, 1.165) is 5.56 Å². The third-order valence-corrected chi connectivity index (χ3v) is 5.02. The first-order chi connectivity index (χ1) is 9.85. The summed E-state index contributed by atoms with van der Waals surface area (Å²) >= 11 is 0. The molecule has 0 aliphatic carbocycles. The minimum absolute atomic E-state index is 0.0826. The number of sulfonamides is 1. The van der Waals surface area contributed by atoms with Gasteiger partial charge in [0.05, 0.1) is 12.2 Å². The van der Waals surface area contributed by atoms with E-state index in [0.29, 0.717) is 31.6 Å². The van der Waals surface area contributed by atoms with Gasteiger partial charge in [0.15, 0.2) is 0 Å². The zero-order chi connectivity index (χ0) is 15.9. The number of nitrogens with one attached hydrogen (secondary N) is 1. The highest BCUT2D eigenvalue weighted by atomic mass is 32.2. The maximum absolute atomic E-state index is 11.7. The fraction of sp³-hybridized carbons (Fsp3) is 0.500. The number of hydrogen-bond donors (Lipinski definition) is 2. The Morgan fingerprint density at radius 2 is 1.90 bits per heavy atom. The van der Waals surface area contributed by atoms with Crippen LogP contribution in [0, 0.1) is 0 Å². The first-order valence-electron chi connectivity index (χ1n) is 6.90. The zero-order valence-corrected chi connectivity index (χ0v) is 13.3. The van der Waals surface area contributed by atoms with Gasteiger partial charge in [-0.3, -0.25) is 4.79 Å². The summed E-state index contributed by atoms with van der Waals surface area (Å²) in [6, 6.07) is 7.15. The van der Waals surface area contributed by atoms with Crippen LogP contribution in [0.15, 0.2) is 24.3 Å². The fourth-order valence-electron chi connectivity index (χ4n) is 1.77. The van der Waals surface area contributed by atoms with E-state index in [9.17, 15) is 13.2 Å². The fourth-order valence-corrected chi connectivity index (χ4v) is 2.62. The maximum atomic E-state index is 11.7. The van der Waals surface area contributed by atoms with Crippen LogP contribution < -0.4 is 11.1 Å². The molecule has 1 aromatic carbocycles. The van der Waals surface area contributed by atoms with Crippen LogP contribution in [0.2, 0.25) is 0 Å². The molecule has 3 N–H and O–H groups in total. The van der Waals surface area contributed by atoms with Crippen molar-refractivity contribution in [3.8, 4) is 0 Å². The van der Waals surface area contributed by atoms with Crippen molar-refractivity contribution in [2.24, 2.45) is 0 Å². The second kappa shape index (κ2) is 7.99. The van der Waals surface area contributed by atoms with Gasteiger partial charge in [-0.15, -0.1) is 0 Å². The molecule has 1 amide bonds. The Labute approximate surface area is 126 Å². The number of benzene rings is 1. The molecule has 0 radical (unpaired) electrons. The van der Waals surface area contributed by atoms with Gasteiger partial charge in [-0.2, -0.15) is 0 Å². The van der Waals surface area contributed by atoms with Crippen molar-refractivity contribution in [3.63, 3.8) is 0 Å². The molecular formula is C14H23N3O3S.